The van der Waals surface area contributed by atoms with Crippen LogP contribution in [0.2, 0.25) is 0 Å². The number of hydrogen-bond acceptors (Lipinski definition) is 3. The standard InChI is InChI=1S/C9H18BrNO2/c1-13-5-4-11(8-2-3-8)7-9(12)6-10/h8-9,12H,2-7H2,1H3. The summed E-state index contributed by atoms with van der Waals surface area (Å²) in [5.41, 5.74) is 0. The van der Waals surface area contributed by atoms with Gasteiger partial charge in [-0.3, -0.25) is 4.90 Å². The maximum absolute atomic E-state index is 9.47. The molecule has 0 saturated heterocycles. The van der Waals surface area contributed by atoms with Crippen molar-refractivity contribution in [3.63, 3.8) is 0 Å². The van der Waals surface area contributed by atoms with Gasteiger partial charge in [0.15, 0.2) is 0 Å². The van der Waals surface area contributed by atoms with Gasteiger partial charge in [-0.15, -0.1) is 0 Å². The normalized spacial score (nSPS) is 19.4. The van der Waals surface area contributed by atoms with Crippen molar-refractivity contribution in [2.45, 2.75) is 25.0 Å². The molecule has 1 rings (SSSR count). The van der Waals surface area contributed by atoms with E-state index in [0.717, 1.165) is 19.7 Å². The number of hydrogen-bond donors (Lipinski definition) is 1. The van der Waals surface area contributed by atoms with E-state index >= 15 is 0 Å². The zero-order valence-electron chi connectivity index (χ0n) is 8.08. The number of alkyl halides is 1. The van der Waals surface area contributed by atoms with Crippen LogP contribution < -0.4 is 0 Å². The topological polar surface area (TPSA) is 32.7 Å². The van der Waals surface area contributed by atoms with E-state index in [1.165, 1.54) is 12.8 Å². The average molecular weight is 252 g/mol. The van der Waals surface area contributed by atoms with Crippen molar-refractivity contribution >= 4 is 15.9 Å². The lowest BCUT2D eigenvalue weighted by Crippen LogP contribution is -2.37. The highest BCUT2D eigenvalue weighted by Gasteiger charge is 2.29. The van der Waals surface area contributed by atoms with Crippen molar-refractivity contribution in [1.29, 1.82) is 0 Å². The molecule has 4 heteroatoms. The minimum atomic E-state index is -0.252. The molecule has 0 aromatic rings. The second kappa shape index (κ2) is 5.96. The summed E-state index contributed by atoms with van der Waals surface area (Å²) in [5.74, 6) is 0. The fourth-order valence-corrected chi connectivity index (χ4v) is 1.60. The van der Waals surface area contributed by atoms with E-state index < -0.39 is 0 Å². The Morgan fingerprint density at radius 3 is 2.77 bits per heavy atom. The molecule has 0 amide bonds. The van der Waals surface area contributed by atoms with E-state index in [2.05, 4.69) is 20.8 Å². The zero-order valence-corrected chi connectivity index (χ0v) is 9.66. The summed E-state index contributed by atoms with van der Waals surface area (Å²) in [7, 11) is 1.71. The Bertz CT molecular complexity index is 142. The molecule has 1 fully saturated rings. The number of rotatable bonds is 7. The summed E-state index contributed by atoms with van der Waals surface area (Å²) < 4.78 is 5.03. The van der Waals surface area contributed by atoms with Gasteiger partial charge in [0, 0.05) is 31.6 Å². The number of nitrogens with zero attached hydrogens (tertiary/aromatic N) is 1. The van der Waals surface area contributed by atoms with Gasteiger partial charge >= 0.3 is 0 Å². The Hall–Kier alpha value is 0.360. The molecule has 1 aliphatic rings. The van der Waals surface area contributed by atoms with E-state index in [4.69, 9.17) is 4.74 Å². The van der Waals surface area contributed by atoms with Crippen LogP contribution in [0, 0.1) is 0 Å². The summed E-state index contributed by atoms with van der Waals surface area (Å²) in [6, 6.07) is 0.698. The molecule has 1 unspecified atom stereocenters. The highest BCUT2D eigenvalue weighted by atomic mass is 79.9. The van der Waals surface area contributed by atoms with Gasteiger partial charge in [-0.2, -0.15) is 0 Å². The van der Waals surface area contributed by atoms with Crippen molar-refractivity contribution in [3.05, 3.63) is 0 Å². The summed E-state index contributed by atoms with van der Waals surface area (Å²) in [5, 5.41) is 10.1. The zero-order chi connectivity index (χ0) is 9.68. The monoisotopic (exact) mass is 251 g/mol. The van der Waals surface area contributed by atoms with Gasteiger partial charge in [0.2, 0.25) is 0 Å². The van der Waals surface area contributed by atoms with E-state index in [1.54, 1.807) is 7.11 Å². The Morgan fingerprint density at radius 2 is 2.31 bits per heavy atom. The molecule has 13 heavy (non-hydrogen) atoms. The summed E-state index contributed by atoms with van der Waals surface area (Å²) >= 11 is 3.27. The third kappa shape index (κ3) is 4.40. The van der Waals surface area contributed by atoms with E-state index in [-0.39, 0.29) is 6.10 Å². The Balaban J connectivity index is 2.20. The minimum absolute atomic E-state index is 0.252. The van der Waals surface area contributed by atoms with Gasteiger partial charge < -0.3 is 9.84 Å². The van der Waals surface area contributed by atoms with Crippen LogP contribution in [0.25, 0.3) is 0 Å². The Labute approximate surface area is 88.2 Å². The fraction of sp³-hybridized carbons (Fsp3) is 1.00. The lowest BCUT2D eigenvalue weighted by molar-refractivity contribution is 0.0961. The fourth-order valence-electron chi connectivity index (χ4n) is 1.39. The van der Waals surface area contributed by atoms with E-state index in [0.29, 0.717) is 11.4 Å². The van der Waals surface area contributed by atoms with Crippen LogP contribution in [0.15, 0.2) is 0 Å². The molecule has 1 aliphatic carbocycles. The smallest absolute Gasteiger partial charge is 0.0763 e. The largest absolute Gasteiger partial charge is 0.391 e. The lowest BCUT2D eigenvalue weighted by atomic mass is 10.3. The molecular weight excluding hydrogens is 234 g/mol. The van der Waals surface area contributed by atoms with Gasteiger partial charge in [0.05, 0.1) is 12.7 Å². The molecule has 1 atom stereocenters. The first kappa shape index (κ1) is 11.4. The molecular formula is C9H18BrNO2. The van der Waals surface area contributed by atoms with Crippen molar-refractivity contribution in [3.8, 4) is 0 Å². The second-order valence-corrected chi connectivity index (χ2v) is 4.17. The summed E-state index contributed by atoms with van der Waals surface area (Å²) in [6.07, 6.45) is 2.30. The quantitative estimate of drug-likeness (QED) is 0.682. The number of methoxy groups -OCH3 is 1. The van der Waals surface area contributed by atoms with Crippen molar-refractivity contribution in [1.82, 2.24) is 4.90 Å². The van der Waals surface area contributed by atoms with Gasteiger partial charge in [-0.05, 0) is 12.8 Å². The maximum Gasteiger partial charge on any atom is 0.0763 e. The number of ether oxygens (including phenoxy) is 1. The molecule has 3 nitrogen and oxygen atoms in total. The van der Waals surface area contributed by atoms with Crippen molar-refractivity contribution in [2.24, 2.45) is 0 Å². The maximum atomic E-state index is 9.47. The van der Waals surface area contributed by atoms with E-state index in [9.17, 15) is 5.11 Å². The summed E-state index contributed by atoms with van der Waals surface area (Å²) in [4.78, 5) is 2.31. The van der Waals surface area contributed by atoms with Gasteiger partial charge in [0.1, 0.15) is 0 Å². The predicted molar refractivity (Wildman–Crippen MR) is 56.3 cm³/mol. The highest BCUT2D eigenvalue weighted by Crippen LogP contribution is 2.26. The highest BCUT2D eigenvalue weighted by molar-refractivity contribution is 9.09. The molecule has 0 aliphatic heterocycles. The van der Waals surface area contributed by atoms with Gasteiger partial charge in [-0.25, -0.2) is 0 Å². The van der Waals surface area contributed by atoms with Crippen molar-refractivity contribution < 1.29 is 9.84 Å². The number of halogens is 1. The van der Waals surface area contributed by atoms with E-state index in [1.807, 2.05) is 0 Å². The first-order chi connectivity index (χ1) is 6.27. The molecule has 0 aromatic carbocycles. The van der Waals surface area contributed by atoms with Gasteiger partial charge in [0.25, 0.3) is 0 Å². The first-order valence-corrected chi connectivity index (χ1v) is 5.87. The summed E-state index contributed by atoms with van der Waals surface area (Å²) in [6.45, 7) is 2.45. The molecule has 1 N–H and O–H groups in total. The predicted octanol–water partition coefficient (Wildman–Crippen LogP) is 0.853. The lowest BCUT2D eigenvalue weighted by Gasteiger charge is -2.23. The molecule has 78 valence electrons. The third-order valence-electron chi connectivity index (χ3n) is 2.27. The Morgan fingerprint density at radius 1 is 1.62 bits per heavy atom. The molecule has 0 radical (unpaired) electrons. The van der Waals surface area contributed by atoms with Crippen LogP contribution in [-0.2, 0) is 4.74 Å². The van der Waals surface area contributed by atoms with Crippen LogP contribution in [-0.4, -0.2) is 54.3 Å². The second-order valence-electron chi connectivity index (χ2n) is 3.53. The SMILES string of the molecule is COCCN(CC(O)CBr)C1CC1. The Kier molecular flexibility index (Phi) is 5.24. The van der Waals surface area contributed by atoms with Crippen LogP contribution in [0.3, 0.4) is 0 Å². The third-order valence-corrected chi connectivity index (χ3v) is 3.02. The minimum Gasteiger partial charge on any atom is -0.391 e. The number of aliphatic hydroxyl groups excluding tert-OH is 1. The van der Waals surface area contributed by atoms with Crippen LogP contribution >= 0.6 is 15.9 Å². The molecule has 0 aromatic heterocycles. The first-order valence-electron chi connectivity index (χ1n) is 4.75. The van der Waals surface area contributed by atoms with Crippen molar-refractivity contribution in [2.75, 3.05) is 32.1 Å². The van der Waals surface area contributed by atoms with Crippen LogP contribution in [0.1, 0.15) is 12.8 Å². The van der Waals surface area contributed by atoms with Gasteiger partial charge in [-0.1, -0.05) is 15.9 Å². The van der Waals surface area contributed by atoms with Crippen LogP contribution in [0.4, 0.5) is 0 Å². The molecule has 1 saturated carbocycles. The molecule has 0 bridgehead atoms. The van der Waals surface area contributed by atoms with Crippen LogP contribution in [0.5, 0.6) is 0 Å². The average Bonchev–Trinajstić information content (AvgIpc) is 2.94. The molecule has 0 spiro atoms. The number of aliphatic hydroxyl groups is 1. The molecule has 0 heterocycles.